The van der Waals surface area contributed by atoms with E-state index in [1.807, 2.05) is 74.5 Å². The third kappa shape index (κ3) is 5.43. The van der Waals surface area contributed by atoms with Gasteiger partial charge in [0.2, 0.25) is 0 Å². The van der Waals surface area contributed by atoms with Crippen molar-refractivity contribution in [3.8, 4) is 11.5 Å². The van der Waals surface area contributed by atoms with E-state index in [2.05, 4.69) is 39.4 Å². The van der Waals surface area contributed by atoms with Gasteiger partial charge in [0.15, 0.2) is 11.5 Å². The van der Waals surface area contributed by atoms with Crippen LogP contribution in [-0.4, -0.2) is 23.4 Å². The zero-order chi connectivity index (χ0) is 26.6. The van der Waals surface area contributed by atoms with Crippen LogP contribution in [0.5, 0.6) is 11.5 Å². The number of hydrogen-bond acceptors (Lipinski definition) is 4. The quantitative estimate of drug-likeness (QED) is 0.183. The molecule has 4 aromatic rings. The minimum absolute atomic E-state index is 0.205. The number of ether oxygens (including phenoxy) is 2. The van der Waals surface area contributed by atoms with Crippen LogP contribution in [0.4, 0.5) is 4.79 Å². The topological polar surface area (TPSA) is 67.9 Å². The van der Waals surface area contributed by atoms with E-state index in [0.29, 0.717) is 34.7 Å². The van der Waals surface area contributed by atoms with Gasteiger partial charge in [-0.25, -0.2) is 4.79 Å². The number of nitrogens with zero attached hydrogens (tertiary/aromatic N) is 1. The maximum absolute atomic E-state index is 13.0. The Morgan fingerprint density at radius 3 is 2.50 bits per heavy atom. The van der Waals surface area contributed by atoms with Crippen molar-refractivity contribution in [3.63, 3.8) is 0 Å². The summed E-state index contributed by atoms with van der Waals surface area (Å²) in [6, 6.07) is 25.3. The van der Waals surface area contributed by atoms with E-state index in [9.17, 15) is 9.59 Å². The summed E-state index contributed by atoms with van der Waals surface area (Å²) in [7, 11) is 0. The molecule has 0 radical (unpaired) electrons. The van der Waals surface area contributed by atoms with Crippen molar-refractivity contribution < 1.29 is 19.1 Å². The molecule has 0 aliphatic carbocycles. The lowest BCUT2D eigenvalue weighted by atomic mass is 10.1. The Labute approximate surface area is 230 Å². The van der Waals surface area contributed by atoms with Gasteiger partial charge in [-0.15, -0.1) is 0 Å². The zero-order valence-corrected chi connectivity index (χ0v) is 22.7. The second kappa shape index (κ2) is 11.1. The maximum atomic E-state index is 13.0. The summed E-state index contributed by atoms with van der Waals surface area (Å²) in [6.07, 6.45) is 1.65. The van der Waals surface area contributed by atoms with Gasteiger partial charge in [0.1, 0.15) is 12.3 Å². The molecule has 1 N–H and O–H groups in total. The Bertz CT molecular complexity index is 1540. The molecule has 1 heterocycles. The Balaban J connectivity index is 1.38. The van der Waals surface area contributed by atoms with Crippen LogP contribution < -0.4 is 14.8 Å². The van der Waals surface area contributed by atoms with Crippen LogP contribution in [0.2, 0.25) is 0 Å². The van der Waals surface area contributed by atoms with Gasteiger partial charge in [0.05, 0.1) is 17.6 Å². The molecule has 1 fully saturated rings. The minimum Gasteiger partial charge on any atom is -0.490 e. The zero-order valence-electron chi connectivity index (χ0n) is 21.2. The Morgan fingerprint density at radius 2 is 1.71 bits per heavy atom. The summed E-state index contributed by atoms with van der Waals surface area (Å²) < 4.78 is 12.8. The maximum Gasteiger partial charge on any atom is 0.329 e. The van der Waals surface area contributed by atoms with Crippen molar-refractivity contribution in [2.75, 3.05) is 6.61 Å². The van der Waals surface area contributed by atoms with Crippen LogP contribution >= 0.6 is 15.9 Å². The number of nitrogens with one attached hydrogen (secondary N) is 1. The molecule has 7 heteroatoms. The summed E-state index contributed by atoms with van der Waals surface area (Å²) in [5, 5.41) is 4.98. The Hall–Kier alpha value is -4.10. The fourth-order valence-corrected chi connectivity index (χ4v) is 4.97. The van der Waals surface area contributed by atoms with E-state index in [1.165, 1.54) is 4.90 Å². The van der Waals surface area contributed by atoms with Gasteiger partial charge in [0.25, 0.3) is 5.91 Å². The SMILES string of the molecule is CCOc1cc(/C=C2/NC(=O)N(Cc3ccc(C)cc3)C2=O)cc(Br)c1OCc1cccc2ccccc12. The monoisotopic (exact) mass is 570 g/mol. The van der Waals surface area contributed by atoms with Crippen LogP contribution in [0.1, 0.15) is 29.2 Å². The number of rotatable bonds is 8. The molecule has 38 heavy (non-hydrogen) atoms. The van der Waals surface area contributed by atoms with Crippen LogP contribution in [0.25, 0.3) is 16.8 Å². The molecule has 0 bridgehead atoms. The number of imide groups is 1. The second-order valence-corrected chi connectivity index (χ2v) is 9.91. The highest BCUT2D eigenvalue weighted by atomic mass is 79.9. The standard InChI is InChI=1S/C31H27BrN2O4/c1-3-37-28-17-22(16-27-30(35)34(31(36)33-27)18-21-13-11-20(2)12-14-21)15-26(32)29(28)38-19-24-9-6-8-23-7-4-5-10-25(23)24/h4-17H,3,18-19H2,1-2H3,(H,33,36)/b27-16+. The molecule has 4 aromatic carbocycles. The number of benzene rings is 4. The number of urea groups is 1. The first-order valence-corrected chi connectivity index (χ1v) is 13.2. The third-order valence-corrected chi connectivity index (χ3v) is 6.91. The summed E-state index contributed by atoms with van der Waals surface area (Å²) in [5.74, 6) is 0.743. The fraction of sp³-hybridized carbons (Fsp3) is 0.161. The summed E-state index contributed by atoms with van der Waals surface area (Å²) >= 11 is 3.61. The van der Waals surface area contributed by atoms with Gasteiger partial charge in [-0.3, -0.25) is 9.69 Å². The van der Waals surface area contributed by atoms with Gasteiger partial charge in [0, 0.05) is 0 Å². The van der Waals surface area contributed by atoms with Crippen LogP contribution in [0.15, 0.2) is 89.0 Å². The normalized spacial score (nSPS) is 14.3. The van der Waals surface area contributed by atoms with Crippen molar-refractivity contribution in [3.05, 3.63) is 111 Å². The molecule has 192 valence electrons. The Morgan fingerprint density at radius 1 is 0.947 bits per heavy atom. The lowest BCUT2D eigenvalue weighted by Crippen LogP contribution is -2.30. The largest absolute Gasteiger partial charge is 0.490 e. The molecule has 0 saturated carbocycles. The van der Waals surface area contributed by atoms with Gasteiger partial charge in [-0.05, 0) is 75.4 Å². The molecular weight excluding hydrogens is 544 g/mol. The summed E-state index contributed by atoms with van der Waals surface area (Å²) in [4.78, 5) is 26.8. The van der Waals surface area contributed by atoms with Gasteiger partial charge < -0.3 is 14.8 Å². The first kappa shape index (κ1) is 25.5. The van der Waals surface area contributed by atoms with Crippen molar-refractivity contribution in [2.45, 2.75) is 27.0 Å². The molecule has 0 unspecified atom stereocenters. The number of fused-ring (bicyclic) bond motifs is 1. The van der Waals surface area contributed by atoms with Crippen molar-refractivity contribution in [2.24, 2.45) is 0 Å². The molecular formula is C31H27BrN2O4. The second-order valence-electron chi connectivity index (χ2n) is 9.06. The number of amides is 3. The highest BCUT2D eigenvalue weighted by Gasteiger charge is 2.33. The molecule has 1 aliphatic heterocycles. The summed E-state index contributed by atoms with van der Waals surface area (Å²) in [6.45, 7) is 4.90. The predicted octanol–water partition coefficient (Wildman–Crippen LogP) is 6.98. The van der Waals surface area contributed by atoms with E-state index in [-0.39, 0.29) is 18.1 Å². The first-order chi connectivity index (χ1) is 18.4. The minimum atomic E-state index is -0.444. The van der Waals surface area contributed by atoms with Crippen LogP contribution in [0.3, 0.4) is 0 Å². The molecule has 6 nitrogen and oxygen atoms in total. The molecule has 1 saturated heterocycles. The molecule has 0 spiro atoms. The van der Waals surface area contributed by atoms with E-state index >= 15 is 0 Å². The lowest BCUT2D eigenvalue weighted by molar-refractivity contribution is -0.123. The number of carbonyl (C=O) groups excluding carboxylic acids is 2. The summed E-state index contributed by atoms with van der Waals surface area (Å²) in [5.41, 5.74) is 3.97. The van der Waals surface area contributed by atoms with Crippen LogP contribution in [0, 0.1) is 6.92 Å². The van der Waals surface area contributed by atoms with Gasteiger partial charge in [-0.2, -0.15) is 0 Å². The molecule has 5 rings (SSSR count). The number of halogens is 1. The average Bonchev–Trinajstić information content (AvgIpc) is 3.17. The van der Waals surface area contributed by atoms with Crippen molar-refractivity contribution in [1.82, 2.24) is 10.2 Å². The predicted molar refractivity (Wildman–Crippen MR) is 152 cm³/mol. The highest BCUT2D eigenvalue weighted by molar-refractivity contribution is 9.10. The fourth-order valence-electron chi connectivity index (χ4n) is 4.40. The first-order valence-electron chi connectivity index (χ1n) is 12.4. The third-order valence-electron chi connectivity index (χ3n) is 6.32. The van der Waals surface area contributed by atoms with Crippen molar-refractivity contribution >= 4 is 44.7 Å². The Kier molecular flexibility index (Phi) is 7.47. The van der Waals surface area contributed by atoms with Crippen molar-refractivity contribution in [1.29, 1.82) is 0 Å². The van der Waals surface area contributed by atoms with E-state index in [0.717, 1.165) is 27.5 Å². The number of aryl methyl sites for hydroxylation is 1. The highest BCUT2D eigenvalue weighted by Crippen LogP contribution is 2.38. The molecule has 1 aliphatic rings. The molecule has 0 atom stereocenters. The van der Waals surface area contributed by atoms with Crippen LogP contribution in [-0.2, 0) is 17.9 Å². The smallest absolute Gasteiger partial charge is 0.329 e. The number of carbonyl (C=O) groups is 2. The van der Waals surface area contributed by atoms with E-state index < -0.39 is 6.03 Å². The average molecular weight is 571 g/mol. The molecule has 0 aromatic heterocycles. The lowest BCUT2D eigenvalue weighted by Gasteiger charge is -2.16. The van der Waals surface area contributed by atoms with Gasteiger partial charge in [-0.1, -0.05) is 72.3 Å². The van der Waals surface area contributed by atoms with E-state index in [4.69, 9.17) is 9.47 Å². The van der Waals surface area contributed by atoms with E-state index in [1.54, 1.807) is 6.08 Å². The number of hydrogen-bond donors (Lipinski definition) is 1. The van der Waals surface area contributed by atoms with Gasteiger partial charge >= 0.3 is 6.03 Å². The molecule has 3 amide bonds.